The molecule has 1 fully saturated rings. The molecule has 8 heteroatoms. The molecule has 2 aromatic carbocycles. The van der Waals surface area contributed by atoms with E-state index in [0.717, 1.165) is 18.4 Å². The molecule has 1 heterocycles. The number of carbonyl (C=O) groups is 2. The van der Waals surface area contributed by atoms with Gasteiger partial charge in [0.2, 0.25) is 5.91 Å². The fourth-order valence-electron chi connectivity index (χ4n) is 3.58. The Morgan fingerprint density at radius 1 is 1.06 bits per heavy atom. The van der Waals surface area contributed by atoms with Crippen molar-refractivity contribution in [3.63, 3.8) is 0 Å². The van der Waals surface area contributed by atoms with Crippen LogP contribution in [0.25, 0.3) is 0 Å². The maximum Gasteiger partial charge on any atom is 0.321 e. The molecule has 0 radical (unpaired) electrons. The first-order chi connectivity index (χ1) is 15.0. The molecule has 2 N–H and O–H groups in total. The number of halogens is 1. The van der Waals surface area contributed by atoms with E-state index in [-0.39, 0.29) is 23.7 Å². The van der Waals surface area contributed by atoms with Crippen molar-refractivity contribution >= 4 is 17.6 Å². The normalized spacial score (nSPS) is 14.1. The van der Waals surface area contributed by atoms with E-state index in [1.54, 1.807) is 49.5 Å². The number of amides is 3. The predicted octanol–water partition coefficient (Wildman–Crippen LogP) is 3.79. The van der Waals surface area contributed by atoms with Crippen LogP contribution in [0.5, 0.6) is 11.5 Å². The second-order valence-electron chi connectivity index (χ2n) is 7.53. The molecule has 0 saturated carbocycles. The van der Waals surface area contributed by atoms with E-state index >= 15 is 0 Å². The molecule has 0 spiro atoms. The smallest absolute Gasteiger partial charge is 0.321 e. The highest BCUT2D eigenvalue weighted by Gasteiger charge is 2.25. The summed E-state index contributed by atoms with van der Waals surface area (Å²) in [7, 11) is 3.11. The number of carbonyl (C=O) groups excluding carboxylic acids is 2. The molecule has 166 valence electrons. The van der Waals surface area contributed by atoms with E-state index in [2.05, 4.69) is 10.6 Å². The van der Waals surface area contributed by atoms with Gasteiger partial charge in [0.1, 0.15) is 17.3 Å². The molecule has 0 unspecified atom stereocenters. The summed E-state index contributed by atoms with van der Waals surface area (Å²) in [4.78, 5) is 26.6. The topological polar surface area (TPSA) is 79.9 Å². The number of nitrogens with one attached hydrogen (secondary N) is 2. The highest BCUT2D eigenvalue weighted by Crippen LogP contribution is 2.29. The highest BCUT2D eigenvalue weighted by atomic mass is 19.1. The molecule has 0 aliphatic carbocycles. The van der Waals surface area contributed by atoms with Gasteiger partial charge in [-0.25, -0.2) is 9.18 Å². The lowest BCUT2D eigenvalue weighted by atomic mass is 9.93. The Morgan fingerprint density at radius 2 is 1.77 bits per heavy atom. The van der Waals surface area contributed by atoms with E-state index < -0.39 is 0 Å². The minimum Gasteiger partial charge on any atom is -0.497 e. The molecular weight excluding hydrogens is 401 g/mol. The molecule has 0 aromatic heterocycles. The predicted molar refractivity (Wildman–Crippen MR) is 116 cm³/mol. The largest absolute Gasteiger partial charge is 0.497 e. The quantitative estimate of drug-likeness (QED) is 0.702. The average Bonchev–Trinajstić information content (AvgIpc) is 2.79. The number of urea groups is 1. The molecule has 2 aromatic rings. The van der Waals surface area contributed by atoms with Crippen molar-refractivity contribution in [2.24, 2.45) is 5.92 Å². The molecule has 3 amide bonds. The van der Waals surface area contributed by atoms with Crippen molar-refractivity contribution in [2.75, 3.05) is 32.6 Å². The summed E-state index contributed by atoms with van der Waals surface area (Å²) in [5.41, 5.74) is 1.41. The van der Waals surface area contributed by atoms with Crippen molar-refractivity contribution in [2.45, 2.75) is 25.8 Å². The molecule has 31 heavy (non-hydrogen) atoms. The van der Waals surface area contributed by atoms with Gasteiger partial charge in [-0.15, -0.1) is 0 Å². The molecule has 0 atom stereocenters. The van der Waals surface area contributed by atoms with Gasteiger partial charge in [0.25, 0.3) is 0 Å². The number of likely N-dealkylation sites (tertiary alicyclic amines) is 1. The second-order valence-corrected chi connectivity index (χ2v) is 7.53. The van der Waals surface area contributed by atoms with Crippen LogP contribution < -0.4 is 20.1 Å². The average molecular weight is 429 g/mol. The number of methoxy groups -OCH3 is 2. The Labute approximate surface area is 181 Å². The van der Waals surface area contributed by atoms with Crippen LogP contribution in [0.2, 0.25) is 0 Å². The number of piperidine rings is 1. The fourth-order valence-corrected chi connectivity index (χ4v) is 3.58. The van der Waals surface area contributed by atoms with Gasteiger partial charge in [0.05, 0.1) is 19.9 Å². The number of rotatable bonds is 7. The second kappa shape index (κ2) is 10.7. The standard InChI is InChI=1S/C23H28FN3O4/c1-30-19-7-8-21(31-2)20(14-19)26-23(29)27-11-9-16(10-12-27)13-22(28)25-15-17-3-5-18(24)6-4-17/h3-8,14,16H,9-13,15H2,1-2H3,(H,25,28)(H,26,29). The van der Waals surface area contributed by atoms with Gasteiger partial charge >= 0.3 is 6.03 Å². The lowest BCUT2D eigenvalue weighted by Gasteiger charge is -2.32. The van der Waals surface area contributed by atoms with Crippen LogP contribution in [0.3, 0.4) is 0 Å². The van der Waals surface area contributed by atoms with Gasteiger partial charge in [0, 0.05) is 32.1 Å². The molecular formula is C23H28FN3O4. The highest BCUT2D eigenvalue weighted by molar-refractivity contribution is 5.91. The summed E-state index contributed by atoms with van der Waals surface area (Å²) >= 11 is 0. The summed E-state index contributed by atoms with van der Waals surface area (Å²) in [6.45, 7) is 1.53. The monoisotopic (exact) mass is 429 g/mol. The number of nitrogens with zero attached hydrogens (tertiary/aromatic N) is 1. The van der Waals surface area contributed by atoms with Gasteiger partial charge in [0.15, 0.2) is 0 Å². The molecule has 1 saturated heterocycles. The van der Waals surface area contributed by atoms with Crippen LogP contribution in [0, 0.1) is 11.7 Å². The third kappa shape index (κ3) is 6.34. The van der Waals surface area contributed by atoms with E-state index in [1.165, 1.54) is 12.1 Å². The van der Waals surface area contributed by atoms with Gasteiger partial charge in [-0.05, 0) is 48.6 Å². The van der Waals surface area contributed by atoms with E-state index in [9.17, 15) is 14.0 Å². The van der Waals surface area contributed by atoms with Gasteiger partial charge < -0.3 is 25.0 Å². The maximum absolute atomic E-state index is 12.9. The van der Waals surface area contributed by atoms with E-state index in [1.807, 2.05) is 0 Å². The van der Waals surface area contributed by atoms with Gasteiger partial charge in [-0.2, -0.15) is 0 Å². The first kappa shape index (κ1) is 22.4. The third-order valence-electron chi connectivity index (χ3n) is 5.43. The number of hydrogen-bond donors (Lipinski definition) is 2. The van der Waals surface area contributed by atoms with Gasteiger partial charge in [-0.1, -0.05) is 12.1 Å². The minimum absolute atomic E-state index is 0.0339. The zero-order chi connectivity index (χ0) is 22.2. The molecule has 1 aliphatic rings. The number of hydrogen-bond acceptors (Lipinski definition) is 4. The molecule has 7 nitrogen and oxygen atoms in total. The Bertz CT molecular complexity index is 896. The molecule has 3 rings (SSSR count). The summed E-state index contributed by atoms with van der Waals surface area (Å²) in [6.07, 6.45) is 1.93. The van der Waals surface area contributed by atoms with Crippen molar-refractivity contribution in [1.29, 1.82) is 0 Å². The minimum atomic E-state index is -0.296. The Hall–Kier alpha value is -3.29. The Morgan fingerprint density at radius 3 is 2.42 bits per heavy atom. The lowest BCUT2D eigenvalue weighted by Crippen LogP contribution is -2.41. The Kier molecular flexibility index (Phi) is 7.70. The summed E-state index contributed by atoms with van der Waals surface area (Å²) in [6, 6.07) is 11.1. The summed E-state index contributed by atoms with van der Waals surface area (Å²) < 4.78 is 23.5. The zero-order valence-electron chi connectivity index (χ0n) is 17.8. The number of anilines is 1. The van der Waals surface area contributed by atoms with Crippen LogP contribution in [0.15, 0.2) is 42.5 Å². The van der Waals surface area contributed by atoms with Crippen molar-refractivity contribution in [1.82, 2.24) is 10.2 Å². The van der Waals surface area contributed by atoms with E-state index in [0.29, 0.717) is 43.2 Å². The summed E-state index contributed by atoms with van der Waals surface area (Å²) in [5, 5.41) is 5.76. The maximum atomic E-state index is 12.9. The van der Waals surface area contributed by atoms with Crippen LogP contribution in [-0.2, 0) is 11.3 Å². The van der Waals surface area contributed by atoms with Crippen molar-refractivity contribution < 1.29 is 23.5 Å². The molecule has 0 bridgehead atoms. The SMILES string of the molecule is COc1ccc(OC)c(NC(=O)N2CCC(CC(=O)NCc3ccc(F)cc3)CC2)c1. The first-order valence-corrected chi connectivity index (χ1v) is 10.3. The number of ether oxygens (including phenoxy) is 2. The van der Waals surface area contributed by atoms with Crippen LogP contribution in [0.1, 0.15) is 24.8 Å². The number of benzene rings is 2. The van der Waals surface area contributed by atoms with Gasteiger partial charge in [-0.3, -0.25) is 4.79 Å². The lowest BCUT2D eigenvalue weighted by molar-refractivity contribution is -0.122. The van der Waals surface area contributed by atoms with Crippen LogP contribution in [0.4, 0.5) is 14.9 Å². The van der Waals surface area contributed by atoms with E-state index in [4.69, 9.17) is 9.47 Å². The van der Waals surface area contributed by atoms with Crippen LogP contribution in [-0.4, -0.2) is 44.1 Å². The van der Waals surface area contributed by atoms with Crippen molar-refractivity contribution in [3.05, 3.63) is 53.8 Å². The van der Waals surface area contributed by atoms with Crippen LogP contribution >= 0.6 is 0 Å². The summed E-state index contributed by atoms with van der Waals surface area (Å²) in [5.74, 6) is 1.08. The molecule has 1 aliphatic heterocycles. The third-order valence-corrected chi connectivity index (χ3v) is 5.43. The first-order valence-electron chi connectivity index (χ1n) is 10.3. The fraction of sp³-hybridized carbons (Fsp3) is 0.391. The Balaban J connectivity index is 1.44. The zero-order valence-corrected chi connectivity index (χ0v) is 17.8. The van der Waals surface area contributed by atoms with Crippen molar-refractivity contribution in [3.8, 4) is 11.5 Å².